The largest absolute Gasteiger partial charge is 0.486 e. The molecule has 6 rings (SSSR count). The van der Waals surface area contributed by atoms with Crippen LogP contribution < -0.4 is 4.74 Å². The molecule has 216 valence electrons. The van der Waals surface area contributed by atoms with Crippen LogP contribution >= 0.6 is 23.2 Å². The Morgan fingerprint density at radius 2 is 1.95 bits per heavy atom. The maximum Gasteiger partial charge on any atom is 0.335 e. The predicted octanol–water partition coefficient (Wildman–Crippen LogP) is 5.95. The van der Waals surface area contributed by atoms with Crippen molar-refractivity contribution in [2.45, 2.75) is 39.6 Å². The Labute approximate surface area is 253 Å². The van der Waals surface area contributed by atoms with Gasteiger partial charge in [-0.15, -0.1) is 0 Å². The predicted molar refractivity (Wildman–Crippen MR) is 161 cm³/mol. The van der Waals surface area contributed by atoms with Crippen LogP contribution in [-0.4, -0.2) is 53.2 Å². The number of carboxylic acids is 1. The number of carbonyl (C=O) groups is 1. The number of fused-ring (bicyclic) bond motifs is 1. The van der Waals surface area contributed by atoms with Crippen LogP contribution in [0.2, 0.25) is 10.0 Å². The fourth-order valence-electron chi connectivity index (χ4n) is 5.48. The van der Waals surface area contributed by atoms with Crippen molar-refractivity contribution in [2.75, 3.05) is 13.1 Å². The Kier molecular flexibility index (Phi) is 8.15. The summed E-state index contributed by atoms with van der Waals surface area (Å²) in [5, 5.41) is 10.6. The van der Waals surface area contributed by atoms with E-state index in [1.807, 2.05) is 18.7 Å². The van der Waals surface area contributed by atoms with Crippen molar-refractivity contribution < 1.29 is 14.6 Å². The summed E-state index contributed by atoms with van der Waals surface area (Å²) in [7, 11) is 0. The molecule has 4 heterocycles. The van der Waals surface area contributed by atoms with Gasteiger partial charge in [-0.25, -0.2) is 14.8 Å². The highest BCUT2D eigenvalue weighted by atomic mass is 35.5. The maximum atomic E-state index is 11.7. The molecule has 0 atom stereocenters. The van der Waals surface area contributed by atoms with Gasteiger partial charge in [0, 0.05) is 37.1 Å². The quantitative estimate of drug-likeness (QED) is 0.199. The Morgan fingerprint density at radius 3 is 2.74 bits per heavy atom. The van der Waals surface area contributed by atoms with Crippen LogP contribution in [0.25, 0.3) is 11.0 Å². The van der Waals surface area contributed by atoms with E-state index < -0.39 is 5.97 Å². The number of carboxylic acid groups (broad SMARTS) is 1. The number of hydrogen-bond acceptors (Lipinski definition) is 6. The number of aromatic nitrogens is 5. The zero-order valence-corrected chi connectivity index (χ0v) is 24.6. The van der Waals surface area contributed by atoms with Crippen molar-refractivity contribution in [1.29, 1.82) is 0 Å². The first-order valence-electron chi connectivity index (χ1n) is 13.8. The number of aromatic carboxylic acids is 1. The van der Waals surface area contributed by atoms with E-state index in [1.165, 1.54) is 5.56 Å². The minimum Gasteiger partial charge on any atom is -0.486 e. The van der Waals surface area contributed by atoms with Gasteiger partial charge in [-0.05, 0) is 73.4 Å². The van der Waals surface area contributed by atoms with Crippen LogP contribution in [0.4, 0.5) is 0 Å². The molecule has 0 spiro atoms. The second-order valence-electron chi connectivity index (χ2n) is 10.6. The topological polar surface area (TPSA) is 98.3 Å². The van der Waals surface area contributed by atoms with E-state index in [1.54, 1.807) is 36.4 Å². The van der Waals surface area contributed by atoms with Crippen molar-refractivity contribution in [1.82, 2.24) is 29.0 Å². The van der Waals surface area contributed by atoms with E-state index in [-0.39, 0.29) is 5.56 Å². The number of hydrogen-bond donors (Lipinski definition) is 1. The molecule has 1 aliphatic heterocycles. The van der Waals surface area contributed by atoms with Gasteiger partial charge < -0.3 is 19.0 Å². The van der Waals surface area contributed by atoms with E-state index in [4.69, 9.17) is 32.9 Å². The van der Waals surface area contributed by atoms with Crippen molar-refractivity contribution >= 4 is 40.2 Å². The van der Waals surface area contributed by atoms with Crippen LogP contribution in [0.1, 0.15) is 40.1 Å². The fourth-order valence-corrected chi connectivity index (χ4v) is 5.94. The number of nitrogens with zero attached hydrogens (tertiary/aromatic N) is 6. The number of aryl methyl sites for hydroxylation is 1. The third-order valence-electron chi connectivity index (χ3n) is 7.61. The van der Waals surface area contributed by atoms with Gasteiger partial charge in [-0.3, -0.25) is 9.88 Å². The summed E-state index contributed by atoms with van der Waals surface area (Å²) >= 11 is 12.2. The van der Waals surface area contributed by atoms with E-state index in [9.17, 15) is 9.90 Å². The number of likely N-dealkylation sites (tertiary alicyclic amines) is 1. The fraction of sp³-hybridized carbons (Fsp3) is 0.290. The highest BCUT2D eigenvalue weighted by molar-refractivity contribution is 6.35. The van der Waals surface area contributed by atoms with Crippen molar-refractivity contribution in [2.24, 2.45) is 5.92 Å². The first-order chi connectivity index (χ1) is 20.4. The Morgan fingerprint density at radius 1 is 1.10 bits per heavy atom. The van der Waals surface area contributed by atoms with Crippen LogP contribution in [-0.2, 0) is 32.7 Å². The lowest BCUT2D eigenvalue weighted by molar-refractivity contribution is 0.0697. The smallest absolute Gasteiger partial charge is 0.335 e. The van der Waals surface area contributed by atoms with E-state index in [0.29, 0.717) is 41.4 Å². The summed E-state index contributed by atoms with van der Waals surface area (Å²) in [5.41, 5.74) is 4.98. The number of pyridine rings is 1. The molecule has 11 heteroatoms. The summed E-state index contributed by atoms with van der Waals surface area (Å²) in [6.45, 7) is 6.37. The van der Waals surface area contributed by atoms with Gasteiger partial charge in [-0.1, -0.05) is 23.2 Å². The van der Waals surface area contributed by atoms with E-state index >= 15 is 0 Å². The first kappa shape index (κ1) is 28.2. The molecule has 0 unspecified atom stereocenters. The van der Waals surface area contributed by atoms with E-state index in [0.717, 1.165) is 54.3 Å². The first-order valence-corrected chi connectivity index (χ1v) is 14.6. The lowest BCUT2D eigenvalue weighted by Gasteiger charge is -2.39. The lowest BCUT2D eigenvalue weighted by atomic mass is 9.92. The van der Waals surface area contributed by atoms with Gasteiger partial charge in [0.15, 0.2) is 0 Å². The summed E-state index contributed by atoms with van der Waals surface area (Å²) < 4.78 is 10.1. The molecule has 0 aliphatic carbocycles. The van der Waals surface area contributed by atoms with Gasteiger partial charge in [-0.2, -0.15) is 0 Å². The lowest BCUT2D eigenvalue weighted by Crippen LogP contribution is -2.47. The third kappa shape index (κ3) is 6.13. The van der Waals surface area contributed by atoms with Crippen LogP contribution in [0.5, 0.6) is 5.75 Å². The molecule has 5 aromatic rings. The second kappa shape index (κ2) is 12.1. The van der Waals surface area contributed by atoms with Crippen LogP contribution in [0.3, 0.4) is 0 Å². The molecule has 1 N–H and O–H groups in total. The standard InChI is InChI=1S/C31H30Cl2N6O3/c1-2-38-19-34-13-25(38)16-39-28-11-22(31(40)41)3-5-27(28)36-30(39)17-37-14-21(15-37)9-20-7-8-35-24(10-20)18-42-29-6-4-23(32)12-26(29)33/h3-8,10-13,19,21H,2,9,14-18H2,1H3,(H,40,41). The minimum absolute atomic E-state index is 0.251. The number of imidazole rings is 2. The monoisotopic (exact) mass is 604 g/mol. The summed E-state index contributed by atoms with van der Waals surface area (Å²) in [6.07, 6.45) is 6.45. The molecule has 9 nitrogen and oxygen atoms in total. The summed E-state index contributed by atoms with van der Waals surface area (Å²) in [5.74, 6) is 1.06. The number of ether oxygens (including phenoxy) is 1. The molecule has 2 aromatic carbocycles. The normalized spacial score (nSPS) is 13.9. The second-order valence-corrected chi connectivity index (χ2v) is 11.4. The average Bonchev–Trinajstić information content (AvgIpc) is 3.55. The van der Waals surface area contributed by atoms with Gasteiger partial charge in [0.2, 0.25) is 0 Å². The Hall–Kier alpha value is -3.92. The Balaban J connectivity index is 1.11. The molecule has 0 saturated carbocycles. The molecule has 1 fully saturated rings. The highest BCUT2D eigenvalue weighted by Crippen LogP contribution is 2.29. The summed E-state index contributed by atoms with van der Waals surface area (Å²) in [4.78, 5) is 27.7. The van der Waals surface area contributed by atoms with Gasteiger partial charge in [0.05, 0.1) is 52.4 Å². The average molecular weight is 606 g/mol. The minimum atomic E-state index is -0.949. The maximum absolute atomic E-state index is 11.7. The Bertz CT molecular complexity index is 1740. The van der Waals surface area contributed by atoms with Crippen molar-refractivity contribution in [3.05, 3.63) is 106 Å². The zero-order valence-electron chi connectivity index (χ0n) is 23.1. The molecule has 42 heavy (non-hydrogen) atoms. The molecule has 0 bridgehead atoms. The van der Waals surface area contributed by atoms with Crippen molar-refractivity contribution in [3.8, 4) is 5.75 Å². The molecular weight excluding hydrogens is 575 g/mol. The third-order valence-corrected chi connectivity index (χ3v) is 8.14. The van der Waals surface area contributed by atoms with Gasteiger partial charge >= 0.3 is 5.97 Å². The molecule has 1 aliphatic rings. The molecule has 3 aromatic heterocycles. The van der Waals surface area contributed by atoms with Crippen molar-refractivity contribution in [3.63, 3.8) is 0 Å². The molecular formula is C31H30Cl2N6O3. The summed E-state index contributed by atoms with van der Waals surface area (Å²) in [6, 6.07) is 14.4. The molecule has 1 saturated heterocycles. The molecule has 0 amide bonds. The zero-order chi connectivity index (χ0) is 29.2. The molecule has 0 radical (unpaired) electrons. The van der Waals surface area contributed by atoms with Gasteiger partial charge in [0.25, 0.3) is 0 Å². The highest BCUT2D eigenvalue weighted by Gasteiger charge is 2.28. The van der Waals surface area contributed by atoms with Gasteiger partial charge in [0.1, 0.15) is 18.2 Å². The van der Waals surface area contributed by atoms with E-state index in [2.05, 4.69) is 43.1 Å². The van der Waals surface area contributed by atoms with Crippen LogP contribution in [0, 0.1) is 5.92 Å². The SMILES string of the molecule is CCn1cncc1Cn1c(CN2CC(Cc3ccnc(COc4ccc(Cl)cc4Cl)c3)C2)nc2ccc(C(=O)O)cc21. The number of rotatable bonds is 11. The van der Waals surface area contributed by atoms with Crippen LogP contribution in [0.15, 0.2) is 67.3 Å². The number of benzene rings is 2. The number of halogens is 2.